The van der Waals surface area contributed by atoms with Crippen LogP contribution in [0.3, 0.4) is 0 Å². The van der Waals surface area contributed by atoms with Crippen LogP contribution in [0.1, 0.15) is 21.7 Å². The lowest BCUT2D eigenvalue weighted by atomic mass is 10.2. The second kappa shape index (κ2) is 9.77. The fourth-order valence-electron chi connectivity index (χ4n) is 2.84. The molecule has 0 saturated heterocycles. The molecule has 31 heavy (non-hydrogen) atoms. The topological polar surface area (TPSA) is 63.8 Å². The van der Waals surface area contributed by atoms with Gasteiger partial charge in [0, 0.05) is 5.39 Å². The number of carbonyl (C=O) groups is 1. The average molecular weight is 640 g/mol. The molecule has 3 aromatic carbocycles. The van der Waals surface area contributed by atoms with Crippen LogP contribution in [-0.4, -0.2) is 12.1 Å². The van der Waals surface area contributed by atoms with Gasteiger partial charge in [-0.1, -0.05) is 30.3 Å². The Balaban J connectivity index is 1.40. The van der Waals surface area contributed by atoms with E-state index in [0.717, 1.165) is 29.4 Å². The maximum Gasteiger partial charge on any atom is 0.307 e. The normalized spacial score (nSPS) is 11.2. The molecule has 1 aromatic heterocycles. The third kappa shape index (κ3) is 5.42. The molecule has 1 heterocycles. The van der Waals surface area contributed by atoms with Gasteiger partial charge in [0.1, 0.15) is 23.8 Å². The molecular weight excluding hydrogens is 625 g/mol. The summed E-state index contributed by atoms with van der Waals surface area (Å²) in [6, 6.07) is 19.1. The Morgan fingerprint density at radius 1 is 1.06 bits per heavy atom. The fourth-order valence-corrected chi connectivity index (χ4v) is 4.97. The van der Waals surface area contributed by atoms with Gasteiger partial charge in [-0.15, -0.1) is 0 Å². The van der Waals surface area contributed by atoms with Crippen molar-refractivity contribution in [3.63, 3.8) is 0 Å². The van der Waals surface area contributed by atoms with E-state index in [9.17, 15) is 9.18 Å². The van der Waals surface area contributed by atoms with Crippen LogP contribution in [0.4, 0.5) is 4.39 Å². The zero-order valence-corrected chi connectivity index (χ0v) is 20.3. The molecule has 1 amide bonds. The number of para-hydroxylation sites is 1. The Bertz CT molecular complexity index is 1210. The predicted molar refractivity (Wildman–Crippen MR) is 134 cm³/mol. The van der Waals surface area contributed by atoms with Crippen LogP contribution in [0.5, 0.6) is 5.75 Å². The number of fused-ring (bicyclic) bond motifs is 1. The van der Waals surface area contributed by atoms with E-state index in [2.05, 4.69) is 55.7 Å². The van der Waals surface area contributed by atoms with E-state index < -0.39 is 5.91 Å². The number of hydrogen-bond donors (Lipinski definition) is 1. The van der Waals surface area contributed by atoms with Crippen LogP contribution in [-0.2, 0) is 6.61 Å². The molecule has 0 aliphatic rings. The quantitative estimate of drug-likeness (QED) is 0.157. The SMILES string of the molecule is O=C(N/N=C/c1cc(I)c(OCc2ccc(F)cc2)c(I)c1)c1cc2ccccc2o1. The molecule has 0 radical (unpaired) electrons. The van der Waals surface area contributed by atoms with Crippen molar-refractivity contribution < 1.29 is 18.3 Å². The molecule has 1 N–H and O–H groups in total. The number of hydrogen-bond acceptors (Lipinski definition) is 4. The number of ether oxygens (including phenoxy) is 1. The molecule has 0 saturated carbocycles. The van der Waals surface area contributed by atoms with E-state index >= 15 is 0 Å². The van der Waals surface area contributed by atoms with E-state index in [1.165, 1.54) is 12.1 Å². The van der Waals surface area contributed by atoms with Crippen molar-refractivity contribution in [1.29, 1.82) is 0 Å². The van der Waals surface area contributed by atoms with Crippen molar-refractivity contribution in [1.82, 2.24) is 5.43 Å². The predicted octanol–water partition coefficient (Wildman–Crippen LogP) is 6.12. The minimum absolute atomic E-state index is 0.201. The van der Waals surface area contributed by atoms with Gasteiger partial charge in [-0.3, -0.25) is 4.79 Å². The van der Waals surface area contributed by atoms with Crippen molar-refractivity contribution >= 4 is 68.3 Å². The molecule has 0 aliphatic heterocycles. The first-order valence-corrected chi connectivity index (χ1v) is 11.3. The second-order valence-corrected chi connectivity index (χ2v) is 8.90. The van der Waals surface area contributed by atoms with Crippen molar-refractivity contribution in [2.24, 2.45) is 5.10 Å². The molecule has 5 nitrogen and oxygen atoms in total. The summed E-state index contributed by atoms with van der Waals surface area (Å²) in [6.45, 7) is 0.341. The monoisotopic (exact) mass is 640 g/mol. The van der Waals surface area contributed by atoms with Crippen molar-refractivity contribution in [2.45, 2.75) is 6.61 Å². The fraction of sp³-hybridized carbons (Fsp3) is 0.0435. The summed E-state index contributed by atoms with van der Waals surface area (Å²) in [5, 5.41) is 4.89. The third-order valence-electron chi connectivity index (χ3n) is 4.35. The number of nitrogens with zero attached hydrogens (tertiary/aromatic N) is 1. The van der Waals surface area contributed by atoms with Crippen LogP contribution >= 0.6 is 45.2 Å². The summed E-state index contributed by atoms with van der Waals surface area (Å²) in [7, 11) is 0. The molecule has 4 aromatic rings. The van der Waals surface area contributed by atoms with E-state index in [-0.39, 0.29) is 11.6 Å². The van der Waals surface area contributed by atoms with Crippen molar-refractivity contribution in [2.75, 3.05) is 0 Å². The summed E-state index contributed by atoms with van der Waals surface area (Å²) in [4.78, 5) is 12.3. The second-order valence-electron chi connectivity index (χ2n) is 6.58. The molecule has 4 rings (SSSR count). The zero-order chi connectivity index (χ0) is 21.8. The van der Waals surface area contributed by atoms with Crippen molar-refractivity contribution in [3.05, 3.63) is 96.6 Å². The minimum Gasteiger partial charge on any atom is -0.487 e. The number of rotatable bonds is 6. The lowest BCUT2D eigenvalue weighted by molar-refractivity contribution is 0.0929. The molecule has 156 valence electrons. The van der Waals surface area contributed by atoms with Gasteiger partial charge >= 0.3 is 5.91 Å². The highest BCUT2D eigenvalue weighted by molar-refractivity contribution is 14.1. The number of furan rings is 1. The van der Waals surface area contributed by atoms with Crippen LogP contribution in [0.15, 0.2) is 76.2 Å². The van der Waals surface area contributed by atoms with Gasteiger partial charge in [0.25, 0.3) is 0 Å². The van der Waals surface area contributed by atoms with Gasteiger partial charge in [-0.2, -0.15) is 5.10 Å². The molecule has 8 heteroatoms. The molecule has 0 atom stereocenters. The third-order valence-corrected chi connectivity index (χ3v) is 5.95. The van der Waals surface area contributed by atoms with E-state index in [4.69, 9.17) is 9.15 Å². The van der Waals surface area contributed by atoms with Gasteiger partial charge in [-0.25, -0.2) is 9.82 Å². The lowest BCUT2D eigenvalue weighted by Gasteiger charge is -2.11. The van der Waals surface area contributed by atoms with Crippen LogP contribution in [0, 0.1) is 13.0 Å². The molecule has 0 bridgehead atoms. The van der Waals surface area contributed by atoms with Gasteiger partial charge < -0.3 is 9.15 Å². The number of nitrogens with one attached hydrogen (secondary N) is 1. The number of carbonyl (C=O) groups excluding carboxylic acids is 1. The highest BCUT2D eigenvalue weighted by Gasteiger charge is 2.12. The number of halogens is 3. The molecular formula is C23H15FI2N2O3. The highest BCUT2D eigenvalue weighted by Crippen LogP contribution is 2.29. The Kier molecular flexibility index (Phi) is 6.86. The maximum atomic E-state index is 13.0. The lowest BCUT2D eigenvalue weighted by Crippen LogP contribution is -2.16. The Morgan fingerprint density at radius 2 is 1.77 bits per heavy atom. The van der Waals surface area contributed by atoms with E-state index in [0.29, 0.717) is 12.2 Å². The van der Waals surface area contributed by atoms with Crippen LogP contribution < -0.4 is 10.2 Å². The molecule has 0 unspecified atom stereocenters. The summed E-state index contributed by atoms with van der Waals surface area (Å²) < 4.78 is 26.3. The standard InChI is InChI=1S/C23H15FI2N2O3/c24-17-7-5-14(6-8-17)13-30-22-18(25)9-15(10-19(22)26)12-27-28-23(29)21-11-16-3-1-2-4-20(16)31-21/h1-12H,13H2,(H,28,29)/b27-12+. The summed E-state index contributed by atoms with van der Waals surface area (Å²) in [5.74, 6) is 0.251. The van der Waals surface area contributed by atoms with E-state index in [1.807, 2.05) is 30.3 Å². The van der Waals surface area contributed by atoms with Crippen LogP contribution in [0.2, 0.25) is 0 Å². The van der Waals surface area contributed by atoms with Gasteiger partial charge in [0.15, 0.2) is 5.76 Å². The summed E-state index contributed by atoms with van der Waals surface area (Å²) in [6.07, 6.45) is 1.56. The molecule has 0 aliphatic carbocycles. The molecule has 0 fully saturated rings. The number of hydrazone groups is 1. The smallest absolute Gasteiger partial charge is 0.307 e. The minimum atomic E-state index is -0.420. The molecule has 0 spiro atoms. The number of amides is 1. The first kappa shape index (κ1) is 21.8. The van der Waals surface area contributed by atoms with Gasteiger partial charge in [0.05, 0.1) is 13.4 Å². The highest BCUT2D eigenvalue weighted by atomic mass is 127. The van der Waals surface area contributed by atoms with Crippen molar-refractivity contribution in [3.8, 4) is 5.75 Å². The van der Waals surface area contributed by atoms with E-state index in [1.54, 1.807) is 30.5 Å². The first-order chi connectivity index (χ1) is 15.0. The van der Waals surface area contributed by atoms with Gasteiger partial charge in [-0.05, 0) is 92.7 Å². The maximum absolute atomic E-state index is 13.0. The first-order valence-electron chi connectivity index (χ1n) is 9.18. The Labute approximate surface area is 204 Å². The average Bonchev–Trinajstić information content (AvgIpc) is 3.19. The number of benzene rings is 3. The zero-order valence-electron chi connectivity index (χ0n) is 15.9. The Morgan fingerprint density at radius 3 is 2.48 bits per heavy atom. The summed E-state index contributed by atoms with van der Waals surface area (Å²) in [5.41, 5.74) is 4.83. The Hall–Kier alpha value is -2.47. The van der Waals surface area contributed by atoms with Gasteiger partial charge in [0.2, 0.25) is 0 Å². The van der Waals surface area contributed by atoms with Crippen LogP contribution in [0.25, 0.3) is 11.0 Å². The largest absolute Gasteiger partial charge is 0.487 e. The summed E-state index contributed by atoms with van der Waals surface area (Å²) >= 11 is 4.38.